The van der Waals surface area contributed by atoms with E-state index in [0.29, 0.717) is 13.1 Å². The van der Waals surface area contributed by atoms with Crippen LogP contribution in [-0.4, -0.2) is 65.3 Å². The zero-order valence-electron chi connectivity index (χ0n) is 14.4. The topological polar surface area (TPSA) is 53.4 Å². The third kappa shape index (κ3) is 4.06. The van der Waals surface area contributed by atoms with Gasteiger partial charge in [0.2, 0.25) is 5.91 Å². The molecule has 6 nitrogen and oxygen atoms in total. The first-order valence-electron chi connectivity index (χ1n) is 8.30. The van der Waals surface area contributed by atoms with Crippen molar-refractivity contribution < 1.29 is 4.79 Å². The highest BCUT2D eigenvalue weighted by molar-refractivity contribution is 5.85. The van der Waals surface area contributed by atoms with E-state index in [0.717, 1.165) is 43.9 Å². The molecule has 1 fully saturated rings. The Hall–Kier alpha value is -1.63. The molecule has 7 heteroatoms. The van der Waals surface area contributed by atoms with Crippen molar-refractivity contribution in [3.05, 3.63) is 30.0 Å². The van der Waals surface area contributed by atoms with Crippen molar-refractivity contribution in [2.24, 2.45) is 0 Å². The summed E-state index contributed by atoms with van der Waals surface area (Å²) in [5.74, 6) is 0.202. The Labute approximate surface area is 149 Å². The molecule has 0 saturated carbocycles. The number of aryl methyl sites for hydroxylation is 1. The quantitative estimate of drug-likeness (QED) is 0.883. The summed E-state index contributed by atoms with van der Waals surface area (Å²) in [5, 5.41) is 9.16. The van der Waals surface area contributed by atoms with Crippen molar-refractivity contribution in [1.82, 2.24) is 24.9 Å². The predicted molar refractivity (Wildman–Crippen MR) is 98.4 cm³/mol. The van der Waals surface area contributed by atoms with Crippen LogP contribution in [0.1, 0.15) is 12.6 Å². The van der Waals surface area contributed by atoms with E-state index >= 15 is 0 Å². The summed E-state index contributed by atoms with van der Waals surface area (Å²) in [7, 11) is 1.99. The predicted octanol–water partition coefficient (Wildman–Crippen LogP) is 1.34. The number of amides is 1. The number of nitrogens with one attached hydrogen (secondary N) is 1. The van der Waals surface area contributed by atoms with Gasteiger partial charge in [0.15, 0.2) is 0 Å². The maximum atomic E-state index is 12.4. The largest absolute Gasteiger partial charge is 0.339 e. The van der Waals surface area contributed by atoms with Crippen LogP contribution in [-0.2, 0) is 17.9 Å². The lowest BCUT2D eigenvalue weighted by molar-refractivity contribution is -0.132. The standard InChI is InChI=1S/C17H25N5O.ClH/c1-3-22-16-7-5-4-6-14(16)15(19-22)12-20(2)13-17(23)21-10-8-18-9-11-21;/h4-7,18H,3,8-13H2,1-2H3;1H. The second kappa shape index (κ2) is 8.46. The number of para-hydroxylation sites is 1. The van der Waals surface area contributed by atoms with Gasteiger partial charge in [0.25, 0.3) is 0 Å². The van der Waals surface area contributed by atoms with Crippen molar-refractivity contribution >= 4 is 29.2 Å². The Morgan fingerprint density at radius 1 is 1.29 bits per heavy atom. The normalized spacial score (nSPS) is 14.9. The van der Waals surface area contributed by atoms with E-state index in [1.807, 2.05) is 28.8 Å². The van der Waals surface area contributed by atoms with E-state index in [2.05, 4.69) is 29.3 Å². The number of likely N-dealkylation sites (N-methyl/N-ethyl adjacent to an activating group) is 1. The minimum atomic E-state index is 0. The Balaban J connectivity index is 0.00000208. The van der Waals surface area contributed by atoms with E-state index in [1.165, 1.54) is 5.39 Å². The van der Waals surface area contributed by atoms with Crippen LogP contribution in [0.15, 0.2) is 24.3 Å². The first-order valence-corrected chi connectivity index (χ1v) is 8.30. The molecular formula is C17H26ClN5O. The molecule has 0 radical (unpaired) electrons. The maximum absolute atomic E-state index is 12.4. The number of hydrogen-bond donors (Lipinski definition) is 1. The third-order valence-electron chi connectivity index (χ3n) is 4.33. The Kier molecular flexibility index (Phi) is 6.60. The van der Waals surface area contributed by atoms with E-state index < -0.39 is 0 Å². The molecule has 0 aliphatic carbocycles. The molecule has 0 spiro atoms. The van der Waals surface area contributed by atoms with Crippen molar-refractivity contribution in [1.29, 1.82) is 0 Å². The average Bonchev–Trinajstić information content (AvgIpc) is 2.93. The lowest BCUT2D eigenvalue weighted by Crippen LogP contribution is -2.49. The zero-order chi connectivity index (χ0) is 16.2. The molecule has 0 bridgehead atoms. The molecular weight excluding hydrogens is 326 g/mol. The fourth-order valence-electron chi connectivity index (χ4n) is 3.11. The van der Waals surface area contributed by atoms with Gasteiger partial charge in [0, 0.05) is 44.7 Å². The zero-order valence-corrected chi connectivity index (χ0v) is 15.2. The molecule has 132 valence electrons. The number of fused-ring (bicyclic) bond motifs is 1. The van der Waals surface area contributed by atoms with Gasteiger partial charge in [-0.2, -0.15) is 5.10 Å². The second-order valence-electron chi connectivity index (χ2n) is 6.08. The van der Waals surface area contributed by atoms with Crippen molar-refractivity contribution in [3.63, 3.8) is 0 Å². The summed E-state index contributed by atoms with van der Waals surface area (Å²) in [6, 6.07) is 8.29. The van der Waals surface area contributed by atoms with Crippen LogP contribution in [0.25, 0.3) is 10.9 Å². The van der Waals surface area contributed by atoms with Crippen LogP contribution in [0.5, 0.6) is 0 Å². The van der Waals surface area contributed by atoms with Gasteiger partial charge in [0.05, 0.1) is 17.8 Å². The number of nitrogens with zero attached hydrogens (tertiary/aromatic N) is 4. The summed E-state index contributed by atoms with van der Waals surface area (Å²) < 4.78 is 2.02. The van der Waals surface area contributed by atoms with Gasteiger partial charge in [0.1, 0.15) is 0 Å². The number of halogens is 1. The molecule has 0 unspecified atom stereocenters. The van der Waals surface area contributed by atoms with Crippen LogP contribution < -0.4 is 5.32 Å². The highest BCUT2D eigenvalue weighted by Crippen LogP contribution is 2.19. The molecule has 1 saturated heterocycles. The first kappa shape index (κ1) is 18.7. The van der Waals surface area contributed by atoms with E-state index in [4.69, 9.17) is 5.10 Å². The van der Waals surface area contributed by atoms with Gasteiger partial charge >= 0.3 is 0 Å². The lowest BCUT2D eigenvalue weighted by Gasteiger charge is -2.29. The molecule has 1 N–H and O–H groups in total. The summed E-state index contributed by atoms with van der Waals surface area (Å²) in [5.41, 5.74) is 2.20. The highest BCUT2D eigenvalue weighted by atomic mass is 35.5. The van der Waals surface area contributed by atoms with Gasteiger partial charge in [-0.05, 0) is 20.0 Å². The number of hydrogen-bond acceptors (Lipinski definition) is 4. The smallest absolute Gasteiger partial charge is 0.236 e. The maximum Gasteiger partial charge on any atom is 0.236 e. The van der Waals surface area contributed by atoms with E-state index in [-0.39, 0.29) is 18.3 Å². The molecule has 2 aromatic rings. The molecule has 1 amide bonds. The fourth-order valence-corrected chi connectivity index (χ4v) is 3.11. The number of rotatable bonds is 5. The molecule has 0 atom stereocenters. The van der Waals surface area contributed by atoms with Crippen molar-refractivity contribution in [2.45, 2.75) is 20.0 Å². The first-order chi connectivity index (χ1) is 11.2. The summed E-state index contributed by atoms with van der Waals surface area (Å²) in [6.07, 6.45) is 0. The van der Waals surface area contributed by atoms with Gasteiger partial charge in [-0.1, -0.05) is 18.2 Å². The Morgan fingerprint density at radius 3 is 2.71 bits per heavy atom. The minimum absolute atomic E-state index is 0. The van der Waals surface area contributed by atoms with Crippen molar-refractivity contribution in [2.75, 3.05) is 39.8 Å². The Bertz CT molecular complexity index is 681. The highest BCUT2D eigenvalue weighted by Gasteiger charge is 2.19. The lowest BCUT2D eigenvalue weighted by atomic mass is 10.2. The molecule has 1 aromatic heterocycles. The number of benzene rings is 1. The molecule has 1 aliphatic rings. The fraction of sp³-hybridized carbons (Fsp3) is 0.529. The monoisotopic (exact) mass is 351 g/mol. The van der Waals surface area contributed by atoms with Crippen LogP contribution in [0.3, 0.4) is 0 Å². The van der Waals surface area contributed by atoms with Gasteiger partial charge in [-0.3, -0.25) is 14.4 Å². The van der Waals surface area contributed by atoms with Gasteiger partial charge in [-0.15, -0.1) is 12.4 Å². The van der Waals surface area contributed by atoms with Crippen LogP contribution >= 0.6 is 12.4 Å². The van der Waals surface area contributed by atoms with Crippen LogP contribution in [0.4, 0.5) is 0 Å². The van der Waals surface area contributed by atoms with Crippen molar-refractivity contribution in [3.8, 4) is 0 Å². The number of aromatic nitrogens is 2. The second-order valence-corrected chi connectivity index (χ2v) is 6.08. The third-order valence-corrected chi connectivity index (χ3v) is 4.33. The molecule has 24 heavy (non-hydrogen) atoms. The summed E-state index contributed by atoms with van der Waals surface area (Å²) in [6.45, 7) is 7.46. The number of piperazine rings is 1. The number of carbonyl (C=O) groups is 1. The van der Waals surface area contributed by atoms with E-state index in [1.54, 1.807) is 0 Å². The molecule has 2 heterocycles. The minimum Gasteiger partial charge on any atom is -0.339 e. The van der Waals surface area contributed by atoms with E-state index in [9.17, 15) is 4.79 Å². The van der Waals surface area contributed by atoms with Crippen LogP contribution in [0, 0.1) is 0 Å². The SMILES string of the molecule is CCn1nc(CN(C)CC(=O)N2CCNCC2)c2ccccc21.Cl. The average molecular weight is 352 g/mol. The van der Waals surface area contributed by atoms with Gasteiger partial charge in [-0.25, -0.2) is 0 Å². The Morgan fingerprint density at radius 2 is 2.00 bits per heavy atom. The molecule has 3 rings (SSSR count). The molecule has 1 aliphatic heterocycles. The van der Waals surface area contributed by atoms with Gasteiger partial charge < -0.3 is 10.2 Å². The number of carbonyl (C=O) groups excluding carboxylic acids is 1. The summed E-state index contributed by atoms with van der Waals surface area (Å²) in [4.78, 5) is 16.3. The summed E-state index contributed by atoms with van der Waals surface area (Å²) >= 11 is 0. The van der Waals surface area contributed by atoms with Crippen LogP contribution in [0.2, 0.25) is 0 Å². The molecule has 1 aromatic carbocycles.